The summed E-state index contributed by atoms with van der Waals surface area (Å²) in [5.41, 5.74) is -2.90. The van der Waals surface area contributed by atoms with Gasteiger partial charge in [0.2, 0.25) is 5.91 Å². The molecule has 8 heteroatoms. The Morgan fingerprint density at radius 3 is 2.31 bits per heavy atom. The zero-order valence-electron chi connectivity index (χ0n) is 13.4. The van der Waals surface area contributed by atoms with Crippen LogP contribution in [0, 0.1) is 5.82 Å². The molecule has 0 aliphatic carbocycles. The molecule has 1 amide bonds. The molecule has 0 fully saturated rings. The minimum atomic E-state index is -5.11. The molecule has 2 aromatic rings. The van der Waals surface area contributed by atoms with Gasteiger partial charge in [0.1, 0.15) is 5.82 Å². The summed E-state index contributed by atoms with van der Waals surface area (Å²) in [6.45, 7) is 0. The van der Waals surface area contributed by atoms with Gasteiger partial charge in [-0.05, 0) is 23.3 Å². The molecule has 0 saturated heterocycles. The zero-order valence-corrected chi connectivity index (χ0v) is 13.4. The molecule has 1 aliphatic rings. The predicted molar refractivity (Wildman–Crippen MR) is 85.6 cm³/mol. The zero-order chi connectivity index (χ0) is 18.9. The minimum Gasteiger partial charge on any atom is -0.362 e. The van der Waals surface area contributed by atoms with Crippen molar-refractivity contribution < 1.29 is 27.5 Å². The second kappa shape index (κ2) is 6.53. The van der Waals surface area contributed by atoms with E-state index in [0.717, 1.165) is 12.1 Å². The standard InChI is InChI=1S/C18H14F4N2O2/c19-14-8-6-13(7-9-14)15-11-17(26,18(20,21)22)24(23-15)16(25)10-12-4-2-1-3-5-12/h1-9,26H,10-11H2/t17-/m0/s1. The third kappa shape index (κ3) is 3.32. The third-order valence-corrected chi connectivity index (χ3v) is 4.05. The van der Waals surface area contributed by atoms with Gasteiger partial charge in [0.05, 0.1) is 18.6 Å². The van der Waals surface area contributed by atoms with Crippen LogP contribution in [0.25, 0.3) is 0 Å². The Bertz CT molecular complexity index is 835. The predicted octanol–water partition coefficient (Wildman–Crippen LogP) is 3.26. The van der Waals surface area contributed by atoms with E-state index in [0.29, 0.717) is 5.56 Å². The van der Waals surface area contributed by atoms with E-state index >= 15 is 0 Å². The molecule has 0 saturated carbocycles. The topological polar surface area (TPSA) is 52.9 Å². The van der Waals surface area contributed by atoms with Crippen molar-refractivity contribution in [1.29, 1.82) is 0 Å². The van der Waals surface area contributed by atoms with E-state index in [1.165, 1.54) is 12.1 Å². The van der Waals surface area contributed by atoms with Crippen molar-refractivity contribution in [3.63, 3.8) is 0 Å². The summed E-state index contributed by atoms with van der Waals surface area (Å²) in [7, 11) is 0. The van der Waals surface area contributed by atoms with Crippen molar-refractivity contribution in [3.05, 3.63) is 71.5 Å². The summed E-state index contributed by atoms with van der Waals surface area (Å²) in [5.74, 6) is -1.55. The number of amides is 1. The first-order chi connectivity index (χ1) is 12.2. The van der Waals surface area contributed by atoms with Gasteiger partial charge in [0, 0.05) is 0 Å². The number of benzene rings is 2. The van der Waals surface area contributed by atoms with Crippen LogP contribution in [-0.4, -0.2) is 33.6 Å². The summed E-state index contributed by atoms with van der Waals surface area (Å²) in [5, 5.41) is 14.0. The van der Waals surface area contributed by atoms with Crippen LogP contribution in [0.3, 0.4) is 0 Å². The molecule has 0 bridgehead atoms. The Morgan fingerprint density at radius 2 is 1.73 bits per heavy atom. The second-order valence-corrected chi connectivity index (χ2v) is 5.91. The van der Waals surface area contributed by atoms with E-state index in [1.54, 1.807) is 30.3 Å². The number of nitrogens with zero attached hydrogens (tertiary/aromatic N) is 2. The van der Waals surface area contributed by atoms with Crippen LogP contribution in [0.2, 0.25) is 0 Å². The lowest BCUT2D eigenvalue weighted by atomic mass is 10.0. The first kappa shape index (κ1) is 18.1. The molecule has 0 aromatic heterocycles. The third-order valence-electron chi connectivity index (χ3n) is 4.05. The summed E-state index contributed by atoms with van der Waals surface area (Å²) in [4.78, 5) is 12.4. The number of hydrogen-bond acceptors (Lipinski definition) is 3. The lowest BCUT2D eigenvalue weighted by Gasteiger charge is -2.32. The van der Waals surface area contributed by atoms with E-state index in [9.17, 15) is 27.5 Å². The van der Waals surface area contributed by atoms with Gasteiger partial charge in [-0.3, -0.25) is 4.79 Å². The Hall–Kier alpha value is -2.74. The van der Waals surface area contributed by atoms with Crippen molar-refractivity contribution in [3.8, 4) is 0 Å². The largest absolute Gasteiger partial charge is 0.438 e. The van der Waals surface area contributed by atoms with Crippen LogP contribution in [0.5, 0.6) is 0 Å². The Balaban J connectivity index is 1.94. The van der Waals surface area contributed by atoms with Crippen LogP contribution in [0.1, 0.15) is 17.5 Å². The van der Waals surface area contributed by atoms with Gasteiger partial charge in [-0.2, -0.15) is 23.3 Å². The van der Waals surface area contributed by atoms with Crippen LogP contribution in [-0.2, 0) is 11.2 Å². The van der Waals surface area contributed by atoms with E-state index < -0.39 is 30.0 Å². The highest BCUT2D eigenvalue weighted by Gasteiger charge is 2.63. The Kier molecular flexibility index (Phi) is 4.53. The van der Waals surface area contributed by atoms with Gasteiger partial charge in [0.25, 0.3) is 5.72 Å². The lowest BCUT2D eigenvalue weighted by molar-refractivity contribution is -0.302. The maximum absolute atomic E-state index is 13.5. The number of carbonyl (C=O) groups is 1. The molecule has 1 atom stereocenters. The highest BCUT2D eigenvalue weighted by atomic mass is 19.4. The maximum atomic E-state index is 13.5. The molecule has 1 N–H and O–H groups in total. The number of carbonyl (C=O) groups excluding carboxylic acids is 1. The smallest absolute Gasteiger partial charge is 0.362 e. The fourth-order valence-electron chi connectivity index (χ4n) is 2.68. The fourth-order valence-corrected chi connectivity index (χ4v) is 2.68. The second-order valence-electron chi connectivity index (χ2n) is 5.91. The molecule has 1 aliphatic heterocycles. The van der Waals surface area contributed by atoms with E-state index in [1.807, 2.05) is 0 Å². The van der Waals surface area contributed by atoms with Gasteiger partial charge in [-0.25, -0.2) is 4.39 Å². The Labute approximate surface area is 146 Å². The summed E-state index contributed by atoms with van der Waals surface area (Å²) < 4.78 is 53.4. The van der Waals surface area contributed by atoms with Gasteiger partial charge >= 0.3 is 6.18 Å². The van der Waals surface area contributed by atoms with Crippen LogP contribution >= 0.6 is 0 Å². The number of alkyl halides is 3. The van der Waals surface area contributed by atoms with E-state index in [-0.39, 0.29) is 22.7 Å². The quantitative estimate of drug-likeness (QED) is 0.848. The molecule has 0 spiro atoms. The highest BCUT2D eigenvalue weighted by Crippen LogP contribution is 2.41. The molecule has 4 nitrogen and oxygen atoms in total. The van der Waals surface area contributed by atoms with E-state index in [2.05, 4.69) is 5.10 Å². The monoisotopic (exact) mass is 366 g/mol. The molecule has 136 valence electrons. The van der Waals surface area contributed by atoms with Gasteiger partial charge < -0.3 is 5.11 Å². The first-order valence-electron chi connectivity index (χ1n) is 7.70. The molecule has 1 heterocycles. The Morgan fingerprint density at radius 1 is 1.12 bits per heavy atom. The first-order valence-corrected chi connectivity index (χ1v) is 7.70. The number of hydrogen-bond donors (Lipinski definition) is 1. The van der Waals surface area contributed by atoms with Crippen molar-refractivity contribution in [2.75, 3.05) is 0 Å². The van der Waals surface area contributed by atoms with Crippen molar-refractivity contribution >= 4 is 11.6 Å². The molecular weight excluding hydrogens is 352 g/mol. The van der Waals surface area contributed by atoms with Crippen LogP contribution in [0.15, 0.2) is 59.7 Å². The van der Waals surface area contributed by atoms with Crippen molar-refractivity contribution in [2.24, 2.45) is 5.10 Å². The number of halogens is 4. The average Bonchev–Trinajstić information content (AvgIpc) is 2.95. The van der Waals surface area contributed by atoms with E-state index in [4.69, 9.17) is 0 Å². The SMILES string of the molecule is O=C(Cc1ccccc1)N1N=C(c2ccc(F)cc2)C[C@]1(O)C(F)(F)F. The molecule has 3 rings (SSSR count). The van der Waals surface area contributed by atoms with Crippen molar-refractivity contribution in [1.82, 2.24) is 5.01 Å². The molecule has 2 aromatic carbocycles. The van der Waals surface area contributed by atoms with Gasteiger partial charge in [0.15, 0.2) is 0 Å². The molecule has 0 radical (unpaired) electrons. The number of aliphatic hydroxyl groups is 1. The normalized spacial score (nSPS) is 20.2. The lowest BCUT2D eigenvalue weighted by Crippen LogP contribution is -2.57. The maximum Gasteiger partial charge on any atom is 0.438 e. The average molecular weight is 366 g/mol. The number of hydrazone groups is 1. The fraction of sp³-hybridized carbons (Fsp3) is 0.222. The van der Waals surface area contributed by atoms with Gasteiger partial charge in [-0.1, -0.05) is 42.5 Å². The summed E-state index contributed by atoms with van der Waals surface area (Å²) in [6.07, 6.45) is -6.38. The minimum absolute atomic E-state index is 0.0820. The van der Waals surface area contributed by atoms with Crippen LogP contribution in [0.4, 0.5) is 17.6 Å². The number of rotatable bonds is 3. The molecule has 0 unspecified atom stereocenters. The van der Waals surface area contributed by atoms with Gasteiger partial charge in [-0.15, -0.1) is 0 Å². The van der Waals surface area contributed by atoms with Crippen molar-refractivity contribution in [2.45, 2.75) is 24.7 Å². The van der Waals surface area contributed by atoms with Crippen LogP contribution < -0.4 is 0 Å². The summed E-state index contributed by atoms with van der Waals surface area (Å²) >= 11 is 0. The molecular formula is C18H14F4N2O2. The summed E-state index contributed by atoms with van der Waals surface area (Å²) in [6, 6.07) is 12.8. The highest BCUT2D eigenvalue weighted by molar-refractivity contribution is 6.03. The molecule has 26 heavy (non-hydrogen) atoms.